The average molecular weight is 350 g/mol. The second-order valence-electron chi connectivity index (χ2n) is 5.38. The third-order valence-corrected chi connectivity index (χ3v) is 3.62. The fourth-order valence-corrected chi connectivity index (χ4v) is 2.49. The maximum Gasteiger partial charge on any atom is 0.511 e. The van der Waals surface area contributed by atoms with Crippen LogP contribution in [0.4, 0.5) is 21.9 Å². The molecule has 0 radical (unpaired) electrons. The van der Waals surface area contributed by atoms with E-state index in [1.807, 2.05) is 18.2 Å². The Labute approximate surface area is 148 Å². The molecular weight excluding hydrogens is 336 g/mol. The van der Waals surface area contributed by atoms with Gasteiger partial charge in [-0.1, -0.05) is 30.3 Å². The molecule has 3 aromatic carbocycles. The molecule has 26 heavy (non-hydrogen) atoms. The van der Waals surface area contributed by atoms with Gasteiger partial charge in [0.15, 0.2) is 0 Å². The maximum absolute atomic E-state index is 11.3. The van der Waals surface area contributed by atoms with Gasteiger partial charge in [0.1, 0.15) is 11.4 Å². The van der Waals surface area contributed by atoms with Crippen LogP contribution in [-0.2, 0) is 0 Å². The summed E-state index contributed by atoms with van der Waals surface area (Å²) in [5, 5.41) is 23.1. The van der Waals surface area contributed by atoms with Gasteiger partial charge in [-0.15, -0.1) is 0 Å². The van der Waals surface area contributed by atoms with E-state index in [0.717, 1.165) is 5.69 Å². The molecule has 7 heteroatoms. The fraction of sp³-hybridized carbons (Fsp3) is 0. The Balaban J connectivity index is 2.00. The zero-order valence-corrected chi connectivity index (χ0v) is 13.5. The van der Waals surface area contributed by atoms with Crippen molar-refractivity contribution in [1.82, 2.24) is 0 Å². The zero-order valence-electron chi connectivity index (χ0n) is 13.5. The summed E-state index contributed by atoms with van der Waals surface area (Å²) in [7, 11) is 0. The Morgan fingerprint density at radius 3 is 2.38 bits per heavy atom. The van der Waals surface area contributed by atoms with Crippen molar-refractivity contribution in [2.75, 3.05) is 5.32 Å². The number of benzene rings is 3. The number of anilines is 2. The lowest BCUT2D eigenvalue weighted by atomic mass is 10.0. The Morgan fingerprint density at radius 2 is 1.69 bits per heavy atom. The Kier molecular flexibility index (Phi) is 4.80. The molecule has 0 unspecified atom stereocenters. The van der Waals surface area contributed by atoms with Crippen LogP contribution in [0.25, 0.3) is 11.1 Å². The number of hydrogen-bond donors (Lipinski definition) is 2. The van der Waals surface area contributed by atoms with Gasteiger partial charge in [0.25, 0.3) is 5.69 Å². The van der Waals surface area contributed by atoms with Gasteiger partial charge >= 0.3 is 6.16 Å². The van der Waals surface area contributed by atoms with Gasteiger partial charge in [0.05, 0.1) is 4.92 Å². The minimum absolute atomic E-state index is 0.0597. The first-order valence-corrected chi connectivity index (χ1v) is 7.64. The molecule has 130 valence electrons. The van der Waals surface area contributed by atoms with Crippen LogP contribution in [0.3, 0.4) is 0 Å². The third-order valence-electron chi connectivity index (χ3n) is 3.62. The highest BCUT2D eigenvalue weighted by molar-refractivity contribution is 5.78. The van der Waals surface area contributed by atoms with E-state index in [0.29, 0.717) is 16.8 Å². The lowest BCUT2D eigenvalue weighted by Crippen LogP contribution is -2.02. The monoisotopic (exact) mass is 350 g/mol. The minimum Gasteiger partial charge on any atom is -0.449 e. The highest BCUT2D eigenvalue weighted by atomic mass is 16.7. The normalized spacial score (nSPS) is 10.2. The molecular formula is C19H14N2O5. The molecule has 0 aromatic heterocycles. The van der Waals surface area contributed by atoms with Crippen LogP contribution in [0.5, 0.6) is 5.75 Å². The molecule has 0 saturated carbocycles. The molecule has 2 N–H and O–H groups in total. The van der Waals surface area contributed by atoms with Crippen molar-refractivity contribution in [3.63, 3.8) is 0 Å². The van der Waals surface area contributed by atoms with E-state index in [4.69, 9.17) is 5.11 Å². The standard InChI is InChI=1S/C19H14N2O5/c22-19(23)26-16-8-4-5-13(11-16)14-9-10-18(21(24)25)17(12-14)20-15-6-2-1-3-7-15/h1-12,20H,(H,22,23). The van der Waals surface area contributed by atoms with Crippen LogP contribution in [0.2, 0.25) is 0 Å². The van der Waals surface area contributed by atoms with Crippen molar-refractivity contribution in [2.24, 2.45) is 0 Å². The van der Waals surface area contributed by atoms with Gasteiger partial charge in [-0.25, -0.2) is 4.79 Å². The van der Waals surface area contributed by atoms with E-state index in [2.05, 4.69) is 10.1 Å². The number of hydrogen-bond acceptors (Lipinski definition) is 5. The highest BCUT2D eigenvalue weighted by Gasteiger charge is 2.15. The van der Waals surface area contributed by atoms with E-state index in [9.17, 15) is 14.9 Å². The van der Waals surface area contributed by atoms with Crippen molar-refractivity contribution in [3.05, 3.63) is 82.9 Å². The number of rotatable bonds is 5. The van der Waals surface area contributed by atoms with Gasteiger partial charge in [-0.3, -0.25) is 10.1 Å². The van der Waals surface area contributed by atoms with E-state index < -0.39 is 11.1 Å². The van der Waals surface area contributed by atoms with Crippen LogP contribution < -0.4 is 10.1 Å². The lowest BCUT2D eigenvalue weighted by molar-refractivity contribution is -0.383. The predicted octanol–water partition coefficient (Wildman–Crippen LogP) is 5.06. The molecule has 0 saturated heterocycles. The summed E-state index contributed by atoms with van der Waals surface area (Å²) >= 11 is 0. The molecule has 0 atom stereocenters. The molecule has 0 bridgehead atoms. The van der Waals surface area contributed by atoms with E-state index >= 15 is 0 Å². The molecule has 0 fully saturated rings. The Morgan fingerprint density at radius 1 is 0.962 bits per heavy atom. The van der Waals surface area contributed by atoms with Gasteiger partial charge in [-0.2, -0.15) is 0 Å². The van der Waals surface area contributed by atoms with Crippen molar-refractivity contribution in [1.29, 1.82) is 0 Å². The summed E-state index contributed by atoms with van der Waals surface area (Å²) in [5.74, 6) is 0.172. The maximum atomic E-state index is 11.3. The summed E-state index contributed by atoms with van der Waals surface area (Å²) in [5.41, 5.74) is 2.36. The fourth-order valence-electron chi connectivity index (χ4n) is 2.49. The molecule has 0 aliphatic carbocycles. The molecule has 0 amide bonds. The Bertz CT molecular complexity index is 957. The summed E-state index contributed by atoms with van der Waals surface area (Å²) in [4.78, 5) is 21.5. The van der Waals surface area contributed by atoms with Crippen molar-refractivity contribution in [3.8, 4) is 16.9 Å². The van der Waals surface area contributed by atoms with Crippen LogP contribution in [0.15, 0.2) is 72.8 Å². The van der Waals surface area contributed by atoms with Crippen molar-refractivity contribution >= 4 is 23.2 Å². The Hall–Kier alpha value is -3.87. The number of nitro groups is 1. The third kappa shape index (κ3) is 3.96. The summed E-state index contributed by atoms with van der Waals surface area (Å²) in [6.07, 6.45) is -1.41. The molecule has 0 aliphatic rings. The molecule has 7 nitrogen and oxygen atoms in total. The molecule has 3 aromatic rings. The summed E-state index contributed by atoms with van der Waals surface area (Å²) in [6.45, 7) is 0. The number of carboxylic acid groups (broad SMARTS) is 1. The van der Waals surface area contributed by atoms with Crippen LogP contribution in [0.1, 0.15) is 0 Å². The smallest absolute Gasteiger partial charge is 0.449 e. The lowest BCUT2D eigenvalue weighted by Gasteiger charge is -2.10. The highest BCUT2D eigenvalue weighted by Crippen LogP contribution is 2.33. The number of nitrogens with zero attached hydrogens (tertiary/aromatic N) is 1. The number of ether oxygens (including phenoxy) is 1. The predicted molar refractivity (Wildman–Crippen MR) is 96.9 cm³/mol. The first-order chi connectivity index (χ1) is 12.5. The van der Waals surface area contributed by atoms with Gasteiger partial charge in [0.2, 0.25) is 0 Å². The molecule has 0 aliphatic heterocycles. The summed E-state index contributed by atoms with van der Waals surface area (Å²) in [6, 6.07) is 20.3. The van der Waals surface area contributed by atoms with Crippen LogP contribution >= 0.6 is 0 Å². The topological polar surface area (TPSA) is 102 Å². The number of nitrogens with one attached hydrogen (secondary N) is 1. The van der Waals surface area contributed by atoms with Gasteiger partial charge in [-0.05, 0) is 47.5 Å². The second-order valence-corrected chi connectivity index (χ2v) is 5.38. The first kappa shape index (κ1) is 17.0. The van der Waals surface area contributed by atoms with Crippen molar-refractivity contribution < 1.29 is 19.6 Å². The van der Waals surface area contributed by atoms with Gasteiger partial charge < -0.3 is 15.2 Å². The van der Waals surface area contributed by atoms with Crippen LogP contribution in [0, 0.1) is 10.1 Å². The van der Waals surface area contributed by atoms with Crippen molar-refractivity contribution in [2.45, 2.75) is 0 Å². The molecule has 3 rings (SSSR count). The largest absolute Gasteiger partial charge is 0.511 e. The zero-order chi connectivity index (χ0) is 18.5. The summed E-state index contributed by atoms with van der Waals surface area (Å²) < 4.78 is 4.66. The van der Waals surface area contributed by atoms with E-state index in [1.54, 1.807) is 42.5 Å². The number of para-hydroxylation sites is 1. The molecule has 0 heterocycles. The SMILES string of the molecule is O=C(O)Oc1cccc(-c2ccc([N+](=O)[O-])c(Nc3ccccc3)c2)c1. The minimum atomic E-state index is -1.41. The van der Waals surface area contributed by atoms with Crippen LogP contribution in [-0.4, -0.2) is 16.2 Å². The quantitative estimate of drug-likeness (QED) is 0.288. The number of nitro benzene ring substituents is 1. The van der Waals surface area contributed by atoms with E-state index in [-0.39, 0.29) is 11.4 Å². The average Bonchev–Trinajstić information content (AvgIpc) is 2.62. The number of carbonyl (C=O) groups is 1. The first-order valence-electron chi connectivity index (χ1n) is 7.64. The van der Waals surface area contributed by atoms with Gasteiger partial charge in [0, 0.05) is 11.8 Å². The van der Waals surface area contributed by atoms with E-state index in [1.165, 1.54) is 12.1 Å². The second kappa shape index (κ2) is 7.35. The molecule has 0 spiro atoms.